The third-order valence-electron chi connectivity index (χ3n) is 2.63. The first kappa shape index (κ1) is 12.7. The van der Waals surface area contributed by atoms with Gasteiger partial charge in [-0.15, -0.1) is 0 Å². The number of benzene rings is 1. The number of hydrogen-bond donors (Lipinski definition) is 0. The van der Waals surface area contributed by atoms with Gasteiger partial charge in [0.1, 0.15) is 12.0 Å². The van der Waals surface area contributed by atoms with E-state index in [0.717, 1.165) is 17.6 Å². The van der Waals surface area contributed by atoms with Gasteiger partial charge in [0.2, 0.25) is 0 Å². The molecule has 0 aliphatic rings. The molecule has 1 unspecified atom stereocenters. The molecule has 3 heteroatoms. The van der Waals surface area contributed by atoms with Gasteiger partial charge in [-0.05, 0) is 17.7 Å². The summed E-state index contributed by atoms with van der Waals surface area (Å²) in [5.74, 6) is 0.794. The van der Waals surface area contributed by atoms with E-state index in [2.05, 4.69) is 0 Å². The van der Waals surface area contributed by atoms with Crippen molar-refractivity contribution in [2.45, 2.75) is 20.0 Å². The van der Waals surface area contributed by atoms with Crippen molar-refractivity contribution in [1.82, 2.24) is 0 Å². The van der Waals surface area contributed by atoms with Crippen molar-refractivity contribution in [3.8, 4) is 5.75 Å². The molecular weight excluding hydrogens is 204 g/mol. The molecule has 0 saturated carbocycles. The highest BCUT2D eigenvalue weighted by molar-refractivity contribution is 5.60. The summed E-state index contributed by atoms with van der Waals surface area (Å²) in [5, 5.41) is 0. The van der Waals surface area contributed by atoms with E-state index in [1.165, 1.54) is 0 Å². The normalized spacial score (nSPS) is 13.2. The highest BCUT2D eigenvalue weighted by Crippen LogP contribution is 2.34. The number of rotatable bonds is 5. The van der Waals surface area contributed by atoms with Crippen LogP contribution in [0.5, 0.6) is 5.75 Å². The van der Waals surface area contributed by atoms with Gasteiger partial charge in [-0.2, -0.15) is 0 Å². The predicted molar refractivity (Wildman–Crippen MR) is 62.6 cm³/mol. The molecule has 0 N–H and O–H groups in total. The second-order valence-electron chi connectivity index (χ2n) is 4.33. The zero-order chi connectivity index (χ0) is 12.2. The molecule has 1 aromatic carbocycles. The first-order valence-corrected chi connectivity index (χ1v) is 5.18. The number of ether oxygens (including phenoxy) is 2. The summed E-state index contributed by atoms with van der Waals surface area (Å²) >= 11 is 0. The van der Waals surface area contributed by atoms with Crippen molar-refractivity contribution in [2.24, 2.45) is 5.41 Å². The van der Waals surface area contributed by atoms with E-state index in [-0.39, 0.29) is 6.10 Å². The Morgan fingerprint density at radius 1 is 1.19 bits per heavy atom. The Balaban J connectivity index is 2.99. The number of aldehydes is 1. The molecule has 16 heavy (non-hydrogen) atoms. The van der Waals surface area contributed by atoms with E-state index in [1.54, 1.807) is 14.2 Å². The summed E-state index contributed by atoms with van der Waals surface area (Å²) in [6.07, 6.45) is 0.682. The molecule has 0 aliphatic heterocycles. The van der Waals surface area contributed by atoms with Crippen molar-refractivity contribution in [1.29, 1.82) is 0 Å². The maximum Gasteiger partial charge on any atom is 0.128 e. The molecule has 0 spiro atoms. The minimum absolute atomic E-state index is 0.240. The van der Waals surface area contributed by atoms with Gasteiger partial charge < -0.3 is 14.3 Å². The lowest BCUT2D eigenvalue weighted by atomic mass is 9.84. The van der Waals surface area contributed by atoms with E-state index in [4.69, 9.17) is 9.47 Å². The molecule has 88 valence electrons. The molecule has 0 bridgehead atoms. The largest absolute Gasteiger partial charge is 0.497 e. The van der Waals surface area contributed by atoms with Crippen LogP contribution in [0, 0.1) is 5.41 Å². The van der Waals surface area contributed by atoms with Crippen molar-refractivity contribution >= 4 is 6.29 Å². The average molecular weight is 222 g/mol. The van der Waals surface area contributed by atoms with Crippen molar-refractivity contribution in [3.63, 3.8) is 0 Å². The molecule has 0 radical (unpaired) electrons. The SMILES string of the molecule is COc1ccc(C(OC)C(C)(C)C=O)cc1. The smallest absolute Gasteiger partial charge is 0.128 e. The van der Waals surface area contributed by atoms with Gasteiger partial charge in [0.05, 0.1) is 18.6 Å². The Bertz CT molecular complexity index is 341. The Morgan fingerprint density at radius 2 is 1.75 bits per heavy atom. The minimum Gasteiger partial charge on any atom is -0.497 e. The van der Waals surface area contributed by atoms with E-state index >= 15 is 0 Å². The second-order valence-corrected chi connectivity index (χ2v) is 4.33. The van der Waals surface area contributed by atoms with Crippen LogP contribution in [0.25, 0.3) is 0 Å². The highest BCUT2D eigenvalue weighted by atomic mass is 16.5. The van der Waals surface area contributed by atoms with Gasteiger partial charge in [0.15, 0.2) is 0 Å². The maximum atomic E-state index is 11.0. The third kappa shape index (κ3) is 2.61. The van der Waals surface area contributed by atoms with Crippen LogP contribution in [0.1, 0.15) is 25.5 Å². The van der Waals surface area contributed by atoms with Crippen LogP contribution in [0.15, 0.2) is 24.3 Å². The summed E-state index contributed by atoms with van der Waals surface area (Å²) < 4.78 is 10.5. The molecule has 1 aromatic rings. The fraction of sp³-hybridized carbons (Fsp3) is 0.462. The van der Waals surface area contributed by atoms with Crippen LogP contribution in [-0.2, 0) is 9.53 Å². The van der Waals surface area contributed by atoms with E-state index in [9.17, 15) is 4.79 Å². The van der Waals surface area contributed by atoms with Gasteiger partial charge in [-0.1, -0.05) is 26.0 Å². The van der Waals surface area contributed by atoms with Gasteiger partial charge >= 0.3 is 0 Å². The lowest BCUT2D eigenvalue weighted by molar-refractivity contribution is -0.122. The molecule has 0 aliphatic carbocycles. The molecule has 0 saturated heterocycles. The van der Waals surface area contributed by atoms with Crippen molar-refractivity contribution in [2.75, 3.05) is 14.2 Å². The monoisotopic (exact) mass is 222 g/mol. The van der Waals surface area contributed by atoms with Crippen LogP contribution in [0.2, 0.25) is 0 Å². The first-order valence-electron chi connectivity index (χ1n) is 5.18. The lowest BCUT2D eigenvalue weighted by Gasteiger charge is -2.28. The fourth-order valence-corrected chi connectivity index (χ4v) is 1.71. The maximum absolute atomic E-state index is 11.0. The van der Waals surface area contributed by atoms with E-state index in [0.29, 0.717) is 0 Å². The van der Waals surface area contributed by atoms with Gasteiger partial charge in [0.25, 0.3) is 0 Å². The molecule has 0 heterocycles. The predicted octanol–water partition coefficient (Wildman–Crippen LogP) is 2.61. The minimum atomic E-state index is -0.538. The van der Waals surface area contributed by atoms with Gasteiger partial charge in [-0.3, -0.25) is 0 Å². The first-order chi connectivity index (χ1) is 7.55. The Labute approximate surface area is 96.4 Å². The number of carbonyl (C=O) groups is 1. The van der Waals surface area contributed by atoms with Crippen LogP contribution in [0.3, 0.4) is 0 Å². The summed E-state index contributed by atoms with van der Waals surface area (Å²) in [6.45, 7) is 3.72. The fourth-order valence-electron chi connectivity index (χ4n) is 1.71. The van der Waals surface area contributed by atoms with Gasteiger partial charge in [0, 0.05) is 7.11 Å². The van der Waals surface area contributed by atoms with Crippen LogP contribution in [-0.4, -0.2) is 20.5 Å². The lowest BCUT2D eigenvalue weighted by Crippen LogP contribution is -2.25. The molecule has 1 atom stereocenters. The number of carbonyl (C=O) groups excluding carboxylic acids is 1. The summed E-state index contributed by atoms with van der Waals surface area (Å²) in [7, 11) is 3.23. The molecule has 3 nitrogen and oxygen atoms in total. The molecule has 0 amide bonds. The zero-order valence-corrected chi connectivity index (χ0v) is 10.2. The van der Waals surface area contributed by atoms with Crippen LogP contribution < -0.4 is 4.74 Å². The topological polar surface area (TPSA) is 35.5 Å². The zero-order valence-electron chi connectivity index (χ0n) is 10.2. The molecule has 1 rings (SSSR count). The number of hydrogen-bond acceptors (Lipinski definition) is 3. The average Bonchev–Trinajstić information content (AvgIpc) is 2.30. The quantitative estimate of drug-likeness (QED) is 0.718. The molecule has 0 aromatic heterocycles. The Hall–Kier alpha value is -1.35. The summed E-state index contributed by atoms with van der Waals surface area (Å²) in [4.78, 5) is 11.0. The van der Waals surface area contributed by atoms with Crippen molar-refractivity contribution in [3.05, 3.63) is 29.8 Å². The summed E-state index contributed by atoms with van der Waals surface area (Å²) in [6, 6.07) is 7.56. The third-order valence-corrected chi connectivity index (χ3v) is 2.63. The van der Waals surface area contributed by atoms with E-state index in [1.807, 2.05) is 38.1 Å². The van der Waals surface area contributed by atoms with Gasteiger partial charge in [-0.25, -0.2) is 0 Å². The Kier molecular flexibility index (Phi) is 4.07. The van der Waals surface area contributed by atoms with Crippen LogP contribution in [0.4, 0.5) is 0 Å². The van der Waals surface area contributed by atoms with Crippen LogP contribution >= 0.6 is 0 Å². The van der Waals surface area contributed by atoms with Crippen molar-refractivity contribution < 1.29 is 14.3 Å². The standard InChI is InChI=1S/C13H18O3/c1-13(2,9-14)12(16-4)10-5-7-11(15-3)8-6-10/h5-9,12H,1-4H3. The Morgan fingerprint density at radius 3 is 2.12 bits per heavy atom. The highest BCUT2D eigenvalue weighted by Gasteiger charge is 2.30. The molecular formula is C13H18O3. The second kappa shape index (κ2) is 5.12. The van der Waals surface area contributed by atoms with E-state index < -0.39 is 5.41 Å². The molecule has 0 fully saturated rings. The number of methoxy groups -OCH3 is 2. The summed E-state index contributed by atoms with van der Waals surface area (Å²) in [5.41, 5.74) is 0.434.